The molecule has 8 heteroatoms. The summed E-state index contributed by atoms with van der Waals surface area (Å²) in [7, 11) is 1.30. The maximum atomic E-state index is 12.0. The van der Waals surface area contributed by atoms with Gasteiger partial charge in [0.15, 0.2) is 5.13 Å². The summed E-state index contributed by atoms with van der Waals surface area (Å²) in [6.07, 6.45) is 0. The van der Waals surface area contributed by atoms with E-state index in [0.29, 0.717) is 27.0 Å². The van der Waals surface area contributed by atoms with Crippen LogP contribution in [0.1, 0.15) is 26.5 Å². The molecule has 1 aromatic heterocycles. The van der Waals surface area contributed by atoms with E-state index in [1.54, 1.807) is 19.1 Å². The number of hydrogen-bond donors (Lipinski definition) is 1. The quantitative estimate of drug-likeness (QED) is 0.795. The highest BCUT2D eigenvalue weighted by atomic mass is 32.2. The number of nitrogens with zero attached hydrogens (tertiary/aromatic N) is 2. The number of carbonyl (C=O) groups is 2. The van der Waals surface area contributed by atoms with E-state index in [0.717, 1.165) is 16.9 Å². The molecule has 0 aliphatic carbocycles. The maximum absolute atomic E-state index is 12.0. The number of nitrogens with one attached hydrogen (secondary N) is 1. The number of rotatable bonds is 6. The highest BCUT2D eigenvalue weighted by Crippen LogP contribution is 2.23. The van der Waals surface area contributed by atoms with Gasteiger partial charge in [-0.15, -0.1) is 11.8 Å². The minimum atomic E-state index is -0.461. The Morgan fingerprint density at radius 3 is 2.96 bits per heavy atom. The third kappa shape index (κ3) is 4.81. The van der Waals surface area contributed by atoms with E-state index in [1.807, 2.05) is 12.1 Å². The minimum absolute atomic E-state index is 0.193. The van der Waals surface area contributed by atoms with Gasteiger partial charge in [-0.2, -0.15) is 5.26 Å². The fraction of sp³-hybridized carbons (Fsp3) is 0.250. The van der Waals surface area contributed by atoms with Gasteiger partial charge in [0, 0.05) is 5.75 Å². The van der Waals surface area contributed by atoms with Crippen LogP contribution in [0.4, 0.5) is 5.13 Å². The van der Waals surface area contributed by atoms with Gasteiger partial charge in [-0.05, 0) is 24.6 Å². The summed E-state index contributed by atoms with van der Waals surface area (Å²) in [5.41, 5.74) is 2.12. The monoisotopic (exact) mass is 361 g/mol. The van der Waals surface area contributed by atoms with Crippen LogP contribution in [-0.4, -0.2) is 29.7 Å². The number of aromatic nitrogens is 1. The molecule has 1 N–H and O–H groups in total. The Balaban J connectivity index is 1.85. The van der Waals surface area contributed by atoms with Gasteiger partial charge in [-0.1, -0.05) is 23.5 Å². The van der Waals surface area contributed by atoms with Crippen molar-refractivity contribution in [3.63, 3.8) is 0 Å². The third-order valence-electron chi connectivity index (χ3n) is 2.97. The second kappa shape index (κ2) is 8.47. The summed E-state index contributed by atoms with van der Waals surface area (Å²) < 4.78 is 4.66. The average Bonchev–Trinajstić information content (AvgIpc) is 2.94. The molecule has 0 aliphatic rings. The summed E-state index contributed by atoms with van der Waals surface area (Å²) in [6, 6.07) is 9.37. The fourth-order valence-electron chi connectivity index (χ4n) is 1.88. The van der Waals surface area contributed by atoms with E-state index < -0.39 is 5.97 Å². The zero-order valence-corrected chi connectivity index (χ0v) is 14.8. The van der Waals surface area contributed by atoms with Crippen molar-refractivity contribution in [3.8, 4) is 6.07 Å². The number of nitriles is 1. The predicted molar refractivity (Wildman–Crippen MR) is 94.1 cm³/mol. The Bertz CT molecular complexity index is 796. The van der Waals surface area contributed by atoms with Crippen LogP contribution in [0.3, 0.4) is 0 Å². The van der Waals surface area contributed by atoms with E-state index in [9.17, 15) is 9.59 Å². The van der Waals surface area contributed by atoms with Crippen LogP contribution in [-0.2, 0) is 15.3 Å². The number of hydrogen-bond acceptors (Lipinski definition) is 7. The number of benzene rings is 1. The lowest BCUT2D eigenvalue weighted by atomic mass is 10.2. The van der Waals surface area contributed by atoms with Gasteiger partial charge >= 0.3 is 5.97 Å². The number of aryl methyl sites for hydroxylation is 1. The Kier molecular flexibility index (Phi) is 6.35. The molecule has 0 radical (unpaired) electrons. The lowest BCUT2D eigenvalue weighted by Gasteiger charge is -2.03. The molecular formula is C16H15N3O3S2. The van der Waals surface area contributed by atoms with Crippen LogP contribution in [0, 0.1) is 18.3 Å². The topological polar surface area (TPSA) is 92.1 Å². The van der Waals surface area contributed by atoms with Crippen molar-refractivity contribution in [1.29, 1.82) is 5.26 Å². The normalized spacial score (nSPS) is 10.0. The van der Waals surface area contributed by atoms with Crippen molar-refractivity contribution in [3.05, 3.63) is 46.0 Å². The maximum Gasteiger partial charge on any atom is 0.350 e. The number of amides is 1. The second-order valence-corrected chi connectivity index (χ2v) is 6.76. The van der Waals surface area contributed by atoms with E-state index in [2.05, 4.69) is 21.1 Å². The molecule has 2 aromatic rings. The fourth-order valence-corrected chi connectivity index (χ4v) is 3.56. The Hall–Kier alpha value is -2.37. The number of carbonyl (C=O) groups excluding carboxylic acids is 2. The first kappa shape index (κ1) is 18.0. The van der Waals surface area contributed by atoms with Gasteiger partial charge in [0.2, 0.25) is 5.91 Å². The molecular weight excluding hydrogens is 346 g/mol. The molecule has 24 heavy (non-hydrogen) atoms. The summed E-state index contributed by atoms with van der Waals surface area (Å²) in [4.78, 5) is 28.0. The molecule has 1 heterocycles. The van der Waals surface area contributed by atoms with Crippen LogP contribution < -0.4 is 5.32 Å². The van der Waals surface area contributed by atoms with Crippen molar-refractivity contribution in [1.82, 2.24) is 4.98 Å². The lowest BCUT2D eigenvalue weighted by Crippen LogP contribution is -2.14. The Labute approximate surface area is 147 Å². The summed E-state index contributed by atoms with van der Waals surface area (Å²) in [5.74, 6) is 0.231. The zero-order chi connectivity index (χ0) is 17.5. The van der Waals surface area contributed by atoms with Crippen molar-refractivity contribution in [2.45, 2.75) is 12.7 Å². The first-order valence-electron chi connectivity index (χ1n) is 6.96. The average molecular weight is 361 g/mol. The van der Waals surface area contributed by atoms with Gasteiger partial charge in [0.05, 0.1) is 30.2 Å². The summed E-state index contributed by atoms with van der Waals surface area (Å²) >= 11 is 2.53. The molecule has 0 unspecified atom stereocenters. The summed E-state index contributed by atoms with van der Waals surface area (Å²) in [6.45, 7) is 1.69. The molecule has 0 bridgehead atoms. The molecule has 124 valence electrons. The molecule has 0 atom stereocenters. The molecule has 0 aliphatic heterocycles. The predicted octanol–water partition coefficient (Wildman–Crippen LogP) is 2.98. The Morgan fingerprint density at radius 1 is 1.46 bits per heavy atom. The molecule has 6 nitrogen and oxygen atoms in total. The highest BCUT2D eigenvalue weighted by molar-refractivity contribution is 7.99. The largest absolute Gasteiger partial charge is 0.465 e. The van der Waals surface area contributed by atoms with Gasteiger partial charge in [-0.25, -0.2) is 9.78 Å². The smallest absolute Gasteiger partial charge is 0.350 e. The SMILES string of the molecule is COC(=O)c1sc(NC(=O)CSCc2cccc(C#N)c2)nc1C. The van der Waals surface area contributed by atoms with Crippen molar-refractivity contribution in [2.75, 3.05) is 18.2 Å². The zero-order valence-electron chi connectivity index (χ0n) is 13.2. The second-order valence-electron chi connectivity index (χ2n) is 4.78. The van der Waals surface area contributed by atoms with E-state index in [-0.39, 0.29) is 11.7 Å². The van der Waals surface area contributed by atoms with Gasteiger partial charge < -0.3 is 10.1 Å². The Morgan fingerprint density at radius 2 is 2.25 bits per heavy atom. The third-order valence-corrected chi connectivity index (χ3v) is 5.03. The molecule has 0 saturated heterocycles. The number of esters is 1. The first-order chi connectivity index (χ1) is 11.5. The highest BCUT2D eigenvalue weighted by Gasteiger charge is 2.16. The van der Waals surface area contributed by atoms with Crippen molar-refractivity contribution in [2.24, 2.45) is 0 Å². The standard InChI is InChI=1S/C16H15N3O3S2/c1-10-14(15(21)22-2)24-16(18-10)19-13(20)9-23-8-12-5-3-4-11(6-12)7-17/h3-6H,8-9H2,1-2H3,(H,18,19,20). The van der Waals surface area contributed by atoms with Gasteiger partial charge in [0.25, 0.3) is 0 Å². The molecule has 0 fully saturated rings. The van der Waals surface area contributed by atoms with Crippen LogP contribution >= 0.6 is 23.1 Å². The van der Waals surface area contributed by atoms with Crippen LogP contribution in [0.5, 0.6) is 0 Å². The molecule has 0 saturated carbocycles. The minimum Gasteiger partial charge on any atom is -0.465 e. The molecule has 0 spiro atoms. The molecule has 2 rings (SSSR count). The van der Waals surface area contributed by atoms with E-state index >= 15 is 0 Å². The number of thiazole rings is 1. The lowest BCUT2D eigenvalue weighted by molar-refractivity contribution is -0.113. The van der Waals surface area contributed by atoms with Gasteiger partial charge in [0.1, 0.15) is 4.88 Å². The number of methoxy groups -OCH3 is 1. The van der Waals surface area contributed by atoms with Gasteiger partial charge in [-0.3, -0.25) is 4.79 Å². The number of anilines is 1. The first-order valence-corrected chi connectivity index (χ1v) is 8.93. The van der Waals surface area contributed by atoms with E-state index in [4.69, 9.17) is 5.26 Å². The molecule has 1 aromatic carbocycles. The van der Waals surface area contributed by atoms with Crippen molar-refractivity contribution >= 4 is 40.1 Å². The van der Waals surface area contributed by atoms with Crippen molar-refractivity contribution < 1.29 is 14.3 Å². The van der Waals surface area contributed by atoms with Crippen LogP contribution in [0.25, 0.3) is 0 Å². The number of thioether (sulfide) groups is 1. The summed E-state index contributed by atoms with van der Waals surface area (Å²) in [5, 5.41) is 11.9. The number of ether oxygens (including phenoxy) is 1. The van der Waals surface area contributed by atoms with E-state index in [1.165, 1.54) is 18.9 Å². The molecule has 1 amide bonds. The van der Waals surface area contributed by atoms with Crippen LogP contribution in [0.15, 0.2) is 24.3 Å². The van der Waals surface area contributed by atoms with Crippen LogP contribution in [0.2, 0.25) is 0 Å².